The molecule has 1 N–H and O–H groups in total. The lowest BCUT2D eigenvalue weighted by Crippen LogP contribution is -2.33. The van der Waals surface area contributed by atoms with Gasteiger partial charge in [-0.15, -0.1) is 0 Å². The fourth-order valence-electron chi connectivity index (χ4n) is 3.07. The molecular formula is C15H19FN2S. The molecule has 0 spiro atoms. The summed E-state index contributed by atoms with van der Waals surface area (Å²) in [5.41, 5.74) is 2.91. The Kier molecular flexibility index (Phi) is 3.01. The summed E-state index contributed by atoms with van der Waals surface area (Å²) in [6.45, 7) is 5.00. The molecule has 1 aliphatic carbocycles. The Morgan fingerprint density at radius 3 is 2.74 bits per heavy atom. The molecule has 1 heterocycles. The van der Waals surface area contributed by atoms with Crippen LogP contribution in [-0.2, 0) is 6.54 Å². The first-order chi connectivity index (χ1) is 9.04. The van der Waals surface area contributed by atoms with Gasteiger partial charge in [-0.25, -0.2) is 4.39 Å². The lowest BCUT2D eigenvalue weighted by Gasteiger charge is -2.41. The standard InChI is InChI=1S/C15H19FN2S/c1-3-15(5-4-6-15)9-18-13-7-10(2)11(16)8-12(13)17-14(18)19/h7-8H,3-6,9H2,1-2H3,(H,17,19). The number of halogens is 1. The highest BCUT2D eigenvalue weighted by Gasteiger charge is 2.35. The molecule has 1 aromatic heterocycles. The van der Waals surface area contributed by atoms with E-state index in [2.05, 4.69) is 16.5 Å². The minimum Gasteiger partial charge on any atom is -0.330 e. The Balaban J connectivity index is 2.10. The smallest absolute Gasteiger partial charge is 0.178 e. The second-order valence-electron chi connectivity index (χ2n) is 5.84. The van der Waals surface area contributed by atoms with Crippen molar-refractivity contribution in [3.63, 3.8) is 0 Å². The lowest BCUT2D eigenvalue weighted by atomic mass is 9.67. The van der Waals surface area contributed by atoms with Crippen molar-refractivity contribution < 1.29 is 4.39 Å². The van der Waals surface area contributed by atoms with E-state index in [0.29, 0.717) is 15.7 Å². The van der Waals surface area contributed by atoms with E-state index < -0.39 is 0 Å². The van der Waals surface area contributed by atoms with Gasteiger partial charge < -0.3 is 9.55 Å². The maximum atomic E-state index is 13.6. The minimum atomic E-state index is -0.176. The summed E-state index contributed by atoms with van der Waals surface area (Å²) in [6, 6.07) is 3.45. The zero-order chi connectivity index (χ0) is 13.6. The Bertz CT molecular complexity index is 674. The van der Waals surface area contributed by atoms with Gasteiger partial charge >= 0.3 is 0 Å². The fourth-order valence-corrected chi connectivity index (χ4v) is 3.35. The van der Waals surface area contributed by atoms with E-state index in [1.807, 2.05) is 6.07 Å². The first-order valence-corrected chi connectivity index (χ1v) is 7.34. The van der Waals surface area contributed by atoms with Gasteiger partial charge in [-0.05, 0) is 61.5 Å². The Morgan fingerprint density at radius 1 is 1.42 bits per heavy atom. The van der Waals surface area contributed by atoms with Crippen LogP contribution in [0.3, 0.4) is 0 Å². The van der Waals surface area contributed by atoms with Crippen LogP contribution in [0.15, 0.2) is 12.1 Å². The molecule has 0 atom stereocenters. The molecule has 102 valence electrons. The topological polar surface area (TPSA) is 20.7 Å². The van der Waals surface area contributed by atoms with Crippen molar-refractivity contribution in [2.24, 2.45) is 5.41 Å². The number of hydrogen-bond donors (Lipinski definition) is 1. The predicted molar refractivity (Wildman–Crippen MR) is 78.4 cm³/mol. The molecule has 1 aliphatic rings. The van der Waals surface area contributed by atoms with Gasteiger partial charge in [0, 0.05) is 6.54 Å². The van der Waals surface area contributed by atoms with Gasteiger partial charge in [0.05, 0.1) is 11.0 Å². The minimum absolute atomic E-state index is 0.176. The van der Waals surface area contributed by atoms with Gasteiger partial charge in [-0.1, -0.05) is 13.3 Å². The molecule has 0 aliphatic heterocycles. The lowest BCUT2D eigenvalue weighted by molar-refractivity contribution is 0.101. The molecule has 1 saturated carbocycles. The molecule has 4 heteroatoms. The second kappa shape index (κ2) is 4.44. The second-order valence-corrected chi connectivity index (χ2v) is 6.23. The molecular weight excluding hydrogens is 259 g/mol. The molecule has 0 radical (unpaired) electrons. The number of imidazole rings is 1. The number of aromatic amines is 1. The highest BCUT2D eigenvalue weighted by Crippen LogP contribution is 2.45. The van der Waals surface area contributed by atoms with Crippen molar-refractivity contribution in [3.05, 3.63) is 28.3 Å². The summed E-state index contributed by atoms with van der Waals surface area (Å²) in [7, 11) is 0. The number of aromatic nitrogens is 2. The van der Waals surface area contributed by atoms with E-state index in [1.54, 1.807) is 13.0 Å². The monoisotopic (exact) mass is 278 g/mol. The molecule has 2 nitrogen and oxygen atoms in total. The highest BCUT2D eigenvalue weighted by molar-refractivity contribution is 7.71. The summed E-state index contributed by atoms with van der Waals surface area (Å²) in [6.07, 6.45) is 5.05. The molecule has 3 rings (SSSR count). The van der Waals surface area contributed by atoms with Gasteiger partial charge in [0.25, 0.3) is 0 Å². The molecule has 0 bridgehead atoms. The van der Waals surface area contributed by atoms with Crippen LogP contribution < -0.4 is 0 Å². The van der Waals surface area contributed by atoms with Crippen molar-refractivity contribution >= 4 is 23.3 Å². The van der Waals surface area contributed by atoms with Crippen molar-refractivity contribution in [1.29, 1.82) is 0 Å². The number of fused-ring (bicyclic) bond motifs is 1. The average molecular weight is 278 g/mol. The van der Waals surface area contributed by atoms with Gasteiger partial charge in [0.15, 0.2) is 4.77 Å². The van der Waals surface area contributed by atoms with Crippen LogP contribution in [0.5, 0.6) is 0 Å². The number of hydrogen-bond acceptors (Lipinski definition) is 1. The van der Waals surface area contributed by atoms with Crippen molar-refractivity contribution in [2.45, 2.75) is 46.1 Å². The molecule has 0 unspecified atom stereocenters. The quantitative estimate of drug-likeness (QED) is 0.805. The number of nitrogens with one attached hydrogen (secondary N) is 1. The summed E-state index contributed by atoms with van der Waals surface area (Å²) in [5, 5.41) is 0. The maximum absolute atomic E-state index is 13.6. The normalized spacial score (nSPS) is 17.6. The summed E-state index contributed by atoms with van der Waals surface area (Å²) >= 11 is 5.41. The maximum Gasteiger partial charge on any atom is 0.178 e. The van der Waals surface area contributed by atoms with Gasteiger partial charge in [-0.3, -0.25) is 0 Å². The van der Waals surface area contributed by atoms with Crippen LogP contribution >= 0.6 is 12.2 Å². The third kappa shape index (κ3) is 2.02. The van der Waals surface area contributed by atoms with E-state index in [0.717, 1.165) is 17.6 Å². The SMILES string of the molecule is CCC1(Cn2c(=S)[nH]c3cc(F)c(C)cc32)CCC1. The third-order valence-corrected chi connectivity index (χ3v) is 5.03. The van der Waals surface area contributed by atoms with E-state index in [-0.39, 0.29) is 5.82 Å². The van der Waals surface area contributed by atoms with E-state index in [9.17, 15) is 4.39 Å². The van der Waals surface area contributed by atoms with Gasteiger partial charge in [0.2, 0.25) is 0 Å². The van der Waals surface area contributed by atoms with Gasteiger partial charge in [-0.2, -0.15) is 0 Å². The molecule has 1 fully saturated rings. The number of benzene rings is 1. The van der Waals surface area contributed by atoms with Crippen LogP contribution in [0.2, 0.25) is 0 Å². The number of aryl methyl sites for hydroxylation is 1. The number of rotatable bonds is 3. The summed E-state index contributed by atoms with van der Waals surface area (Å²) in [4.78, 5) is 3.13. The zero-order valence-corrected chi connectivity index (χ0v) is 12.2. The van der Waals surface area contributed by atoms with Crippen molar-refractivity contribution in [1.82, 2.24) is 9.55 Å². The number of H-pyrrole nitrogens is 1. The summed E-state index contributed by atoms with van der Waals surface area (Å²) in [5.74, 6) is -0.176. The number of nitrogens with zero attached hydrogens (tertiary/aromatic N) is 1. The Labute approximate surface area is 117 Å². The molecule has 1 aromatic carbocycles. The third-order valence-electron chi connectivity index (χ3n) is 4.71. The zero-order valence-electron chi connectivity index (χ0n) is 11.4. The molecule has 0 saturated heterocycles. The van der Waals surface area contributed by atoms with Crippen LogP contribution in [0.25, 0.3) is 11.0 Å². The highest BCUT2D eigenvalue weighted by atomic mass is 32.1. The summed E-state index contributed by atoms with van der Waals surface area (Å²) < 4.78 is 16.5. The predicted octanol–water partition coefficient (Wildman–Crippen LogP) is 4.73. The van der Waals surface area contributed by atoms with Crippen molar-refractivity contribution in [3.8, 4) is 0 Å². The van der Waals surface area contributed by atoms with Crippen LogP contribution in [0.4, 0.5) is 4.39 Å². The van der Waals surface area contributed by atoms with Crippen LogP contribution in [0.1, 0.15) is 38.2 Å². The van der Waals surface area contributed by atoms with Gasteiger partial charge in [0.1, 0.15) is 5.82 Å². The van der Waals surface area contributed by atoms with E-state index in [1.165, 1.54) is 25.7 Å². The first-order valence-electron chi connectivity index (χ1n) is 6.93. The average Bonchev–Trinajstić information content (AvgIpc) is 2.61. The van der Waals surface area contributed by atoms with E-state index >= 15 is 0 Å². The molecule has 19 heavy (non-hydrogen) atoms. The molecule has 0 amide bonds. The van der Waals surface area contributed by atoms with Crippen LogP contribution in [0, 0.1) is 22.9 Å². The van der Waals surface area contributed by atoms with Crippen molar-refractivity contribution in [2.75, 3.05) is 0 Å². The first kappa shape index (κ1) is 12.9. The van der Waals surface area contributed by atoms with E-state index in [4.69, 9.17) is 12.2 Å². The Morgan fingerprint density at radius 2 is 2.16 bits per heavy atom. The molecule has 2 aromatic rings. The fraction of sp³-hybridized carbons (Fsp3) is 0.533. The Hall–Kier alpha value is -1.16. The van der Waals surface area contributed by atoms with Crippen LogP contribution in [-0.4, -0.2) is 9.55 Å². The largest absolute Gasteiger partial charge is 0.330 e.